The first kappa shape index (κ1) is 13.3. The lowest BCUT2D eigenvalue weighted by atomic mass is 10.00. The molecule has 1 amide bonds. The number of hydrogen-bond donors (Lipinski definition) is 0. The number of furan rings is 1. The Morgan fingerprint density at radius 3 is 2.71 bits per heavy atom. The predicted molar refractivity (Wildman–Crippen MR) is 75.2 cm³/mol. The molecule has 0 aromatic carbocycles. The van der Waals surface area contributed by atoms with Crippen molar-refractivity contribution in [3.63, 3.8) is 0 Å². The Hall–Kier alpha value is -1.34. The highest BCUT2D eigenvalue weighted by molar-refractivity contribution is 7.90. The number of rotatable bonds is 3. The van der Waals surface area contributed by atoms with Gasteiger partial charge in [0.15, 0.2) is 5.76 Å². The molecule has 7 heteroatoms. The van der Waals surface area contributed by atoms with Crippen LogP contribution in [0.2, 0.25) is 0 Å². The summed E-state index contributed by atoms with van der Waals surface area (Å²) >= 11 is 0. The number of nitrogens with zero attached hydrogens (tertiary/aromatic N) is 2. The standard InChI is InChI=1S/C14H18N2O4S/c17-14(13-2-1-5-20-13)15-7-10-6-11(9-15)16(8-10)21(18,19)12-3-4-12/h1-2,5,10-12H,3-4,6-9H2/t10-,11+/m1/s1. The van der Waals surface area contributed by atoms with Gasteiger partial charge < -0.3 is 9.32 Å². The molecule has 114 valence electrons. The van der Waals surface area contributed by atoms with Crippen molar-refractivity contribution in [2.45, 2.75) is 30.6 Å². The molecule has 1 saturated carbocycles. The predicted octanol–water partition coefficient (Wildman–Crippen LogP) is 0.918. The summed E-state index contributed by atoms with van der Waals surface area (Å²) in [6, 6.07) is 3.28. The Kier molecular flexibility index (Phi) is 2.91. The molecule has 0 radical (unpaired) electrons. The van der Waals surface area contributed by atoms with Crippen LogP contribution in [0.1, 0.15) is 29.8 Å². The molecular weight excluding hydrogens is 292 g/mol. The van der Waals surface area contributed by atoms with E-state index in [4.69, 9.17) is 4.42 Å². The van der Waals surface area contributed by atoms with E-state index < -0.39 is 10.0 Å². The summed E-state index contributed by atoms with van der Waals surface area (Å²) in [7, 11) is -3.15. The normalized spacial score (nSPS) is 29.8. The molecule has 3 heterocycles. The van der Waals surface area contributed by atoms with Gasteiger partial charge in [0.25, 0.3) is 5.91 Å². The smallest absolute Gasteiger partial charge is 0.289 e. The van der Waals surface area contributed by atoms with Gasteiger partial charge in [0, 0.05) is 25.7 Å². The van der Waals surface area contributed by atoms with Crippen LogP contribution in [0.5, 0.6) is 0 Å². The molecule has 1 aliphatic carbocycles. The second kappa shape index (κ2) is 4.58. The molecule has 2 bridgehead atoms. The molecular formula is C14H18N2O4S. The Balaban J connectivity index is 1.53. The van der Waals surface area contributed by atoms with E-state index in [0.29, 0.717) is 25.4 Å². The minimum absolute atomic E-state index is 0.0618. The molecule has 3 fully saturated rings. The maximum Gasteiger partial charge on any atom is 0.289 e. The second-order valence-corrected chi connectivity index (χ2v) is 8.42. The van der Waals surface area contributed by atoms with Crippen LogP contribution in [0.25, 0.3) is 0 Å². The highest BCUT2D eigenvalue weighted by Crippen LogP contribution is 2.38. The minimum atomic E-state index is -3.15. The van der Waals surface area contributed by atoms with E-state index in [9.17, 15) is 13.2 Å². The molecule has 0 N–H and O–H groups in total. The van der Waals surface area contributed by atoms with Gasteiger partial charge in [0.1, 0.15) is 0 Å². The van der Waals surface area contributed by atoms with Crippen molar-refractivity contribution >= 4 is 15.9 Å². The first-order valence-corrected chi connectivity index (χ1v) is 8.89. The van der Waals surface area contributed by atoms with Crippen molar-refractivity contribution in [2.24, 2.45) is 5.92 Å². The van der Waals surface area contributed by atoms with Crippen LogP contribution >= 0.6 is 0 Å². The van der Waals surface area contributed by atoms with Crippen LogP contribution in [-0.4, -0.2) is 54.5 Å². The average molecular weight is 310 g/mol. The maximum absolute atomic E-state index is 12.4. The van der Waals surface area contributed by atoms with Gasteiger partial charge in [-0.15, -0.1) is 0 Å². The molecule has 3 aliphatic rings. The molecule has 0 unspecified atom stereocenters. The summed E-state index contributed by atoms with van der Waals surface area (Å²) in [5.41, 5.74) is 0. The van der Waals surface area contributed by atoms with Gasteiger partial charge in [-0.05, 0) is 37.3 Å². The Morgan fingerprint density at radius 1 is 1.24 bits per heavy atom. The molecule has 6 nitrogen and oxygen atoms in total. The van der Waals surface area contributed by atoms with Crippen molar-refractivity contribution in [2.75, 3.05) is 19.6 Å². The van der Waals surface area contributed by atoms with Gasteiger partial charge in [-0.2, -0.15) is 4.31 Å². The number of carbonyl (C=O) groups is 1. The number of sulfonamides is 1. The third-order valence-electron chi connectivity index (χ3n) is 4.65. The number of fused-ring (bicyclic) bond motifs is 2. The van der Waals surface area contributed by atoms with E-state index in [1.807, 2.05) is 0 Å². The quantitative estimate of drug-likeness (QED) is 0.832. The Bertz CT molecular complexity index is 651. The van der Waals surface area contributed by atoms with Crippen molar-refractivity contribution in [3.05, 3.63) is 24.2 Å². The van der Waals surface area contributed by atoms with Crippen LogP contribution in [-0.2, 0) is 10.0 Å². The number of piperidine rings is 1. The highest BCUT2D eigenvalue weighted by atomic mass is 32.2. The molecule has 1 aromatic rings. The molecule has 2 atom stereocenters. The van der Waals surface area contributed by atoms with Crippen LogP contribution in [0.4, 0.5) is 0 Å². The highest BCUT2D eigenvalue weighted by Gasteiger charge is 2.49. The van der Waals surface area contributed by atoms with E-state index in [-0.39, 0.29) is 23.1 Å². The first-order chi connectivity index (χ1) is 10.1. The van der Waals surface area contributed by atoms with E-state index in [1.54, 1.807) is 21.3 Å². The lowest BCUT2D eigenvalue weighted by Gasteiger charge is -2.32. The summed E-state index contributed by atoms with van der Waals surface area (Å²) < 4.78 is 31.7. The SMILES string of the molecule is O=C(c1ccco1)N1C[C@H]2C[C@@H](C1)N(S(=O)(=O)C1CC1)C2. The van der Waals surface area contributed by atoms with Crippen molar-refractivity contribution < 1.29 is 17.6 Å². The molecule has 4 rings (SSSR count). The van der Waals surface area contributed by atoms with Gasteiger partial charge >= 0.3 is 0 Å². The first-order valence-electron chi connectivity index (χ1n) is 7.39. The van der Waals surface area contributed by atoms with Gasteiger partial charge in [-0.3, -0.25) is 4.79 Å². The number of likely N-dealkylation sites (tertiary alicyclic amines) is 1. The zero-order valence-corrected chi connectivity index (χ0v) is 12.5. The summed E-state index contributed by atoms with van der Waals surface area (Å²) in [5, 5.41) is -0.175. The Labute approximate surface area is 123 Å². The van der Waals surface area contributed by atoms with Crippen LogP contribution in [0.3, 0.4) is 0 Å². The fourth-order valence-corrected chi connectivity index (χ4v) is 5.61. The van der Waals surface area contributed by atoms with E-state index in [1.165, 1.54) is 6.26 Å². The van der Waals surface area contributed by atoms with E-state index >= 15 is 0 Å². The fourth-order valence-electron chi connectivity index (χ4n) is 3.51. The van der Waals surface area contributed by atoms with Crippen molar-refractivity contribution in [3.8, 4) is 0 Å². The van der Waals surface area contributed by atoms with E-state index in [2.05, 4.69) is 0 Å². The van der Waals surface area contributed by atoms with Crippen LogP contribution in [0, 0.1) is 5.92 Å². The van der Waals surface area contributed by atoms with Gasteiger partial charge in [0.05, 0.1) is 11.5 Å². The average Bonchev–Trinajstić information content (AvgIpc) is 3.11. The van der Waals surface area contributed by atoms with E-state index in [0.717, 1.165) is 19.3 Å². The van der Waals surface area contributed by atoms with Crippen molar-refractivity contribution in [1.29, 1.82) is 0 Å². The zero-order valence-electron chi connectivity index (χ0n) is 11.6. The zero-order chi connectivity index (χ0) is 14.6. The summed E-state index contributed by atoms with van der Waals surface area (Å²) in [6.07, 6.45) is 3.92. The molecule has 2 aliphatic heterocycles. The van der Waals surface area contributed by atoms with Gasteiger partial charge in [0.2, 0.25) is 10.0 Å². The topological polar surface area (TPSA) is 70.8 Å². The summed E-state index contributed by atoms with van der Waals surface area (Å²) in [6.45, 7) is 1.65. The summed E-state index contributed by atoms with van der Waals surface area (Å²) in [5.74, 6) is 0.435. The van der Waals surface area contributed by atoms with Crippen LogP contribution < -0.4 is 0 Å². The second-order valence-electron chi connectivity index (χ2n) is 6.26. The Morgan fingerprint density at radius 2 is 2.05 bits per heavy atom. The lowest BCUT2D eigenvalue weighted by molar-refractivity contribution is 0.0651. The monoisotopic (exact) mass is 310 g/mol. The van der Waals surface area contributed by atoms with Gasteiger partial charge in [-0.1, -0.05) is 0 Å². The lowest BCUT2D eigenvalue weighted by Crippen LogP contribution is -2.46. The number of carbonyl (C=O) groups excluding carboxylic acids is 1. The fraction of sp³-hybridized carbons (Fsp3) is 0.643. The summed E-state index contributed by atoms with van der Waals surface area (Å²) in [4.78, 5) is 14.1. The number of hydrogen-bond acceptors (Lipinski definition) is 4. The molecule has 0 spiro atoms. The maximum atomic E-state index is 12.4. The molecule has 21 heavy (non-hydrogen) atoms. The number of amides is 1. The largest absolute Gasteiger partial charge is 0.459 e. The molecule has 1 aromatic heterocycles. The van der Waals surface area contributed by atoms with Crippen molar-refractivity contribution in [1.82, 2.24) is 9.21 Å². The molecule has 2 saturated heterocycles. The van der Waals surface area contributed by atoms with Crippen LogP contribution in [0.15, 0.2) is 22.8 Å². The third kappa shape index (κ3) is 2.19. The van der Waals surface area contributed by atoms with Gasteiger partial charge in [-0.25, -0.2) is 8.42 Å². The minimum Gasteiger partial charge on any atom is -0.459 e. The third-order valence-corrected chi connectivity index (χ3v) is 7.07.